The number of amides is 1. The van der Waals surface area contributed by atoms with Crippen molar-refractivity contribution in [3.63, 3.8) is 0 Å². The summed E-state index contributed by atoms with van der Waals surface area (Å²) >= 11 is 6.71. The molecule has 2 fully saturated rings. The number of thiocarbonyl (C=S) groups is 1. The van der Waals surface area contributed by atoms with E-state index in [-0.39, 0.29) is 17.0 Å². The first-order valence-electron chi connectivity index (χ1n) is 10.8. The Bertz CT molecular complexity index is 1050. The fraction of sp³-hybridized carbons (Fsp3) is 0.565. The lowest BCUT2D eigenvalue weighted by Crippen LogP contribution is -2.42. The van der Waals surface area contributed by atoms with Crippen LogP contribution < -0.4 is 10.5 Å². The van der Waals surface area contributed by atoms with Gasteiger partial charge in [-0.3, -0.25) is 19.1 Å². The highest BCUT2D eigenvalue weighted by molar-refractivity contribution is 8.26. The van der Waals surface area contributed by atoms with Crippen molar-refractivity contribution in [2.24, 2.45) is 18.9 Å². The predicted molar refractivity (Wildman–Crippen MR) is 133 cm³/mol. The SMILES string of the molecule is COCCCN1C(=O)C(=Cc2c(C)c(C#N)c(=O)n(C)c2N2CC(C)CC(C)C2)SC1=S. The second-order valence-corrected chi connectivity index (χ2v) is 10.4. The summed E-state index contributed by atoms with van der Waals surface area (Å²) in [5.41, 5.74) is 1.13. The summed E-state index contributed by atoms with van der Waals surface area (Å²) in [6.07, 6.45) is 3.64. The van der Waals surface area contributed by atoms with E-state index in [4.69, 9.17) is 17.0 Å². The van der Waals surface area contributed by atoms with Crippen molar-refractivity contribution in [1.82, 2.24) is 9.47 Å². The Morgan fingerprint density at radius 3 is 2.53 bits per heavy atom. The maximum atomic E-state index is 13.1. The number of carbonyl (C=O) groups is 1. The maximum Gasteiger partial charge on any atom is 0.270 e. The van der Waals surface area contributed by atoms with Crippen molar-refractivity contribution in [3.05, 3.63) is 31.9 Å². The summed E-state index contributed by atoms with van der Waals surface area (Å²) in [6.45, 7) is 8.90. The number of nitrogens with zero attached hydrogens (tertiary/aromatic N) is 4. The molecule has 0 aliphatic carbocycles. The summed E-state index contributed by atoms with van der Waals surface area (Å²) in [6, 6.07) is 2.06. The topological polar surface area (TPSA) is 78.6 Å². The highest BCUT2D eigenvalue weighted by Crippen LogP contribution is 2.37. The zero-order chi connectivity index (χ0) is 23.6. The van der Waals surface area contributed by atoms with Crippen LogP contribution in [0.25, 0.3) is 6.08 Å². The second kappa shape index (κ2) is 10.2. The van der Waals surface area contributed by atoms with Crippen molar-refractivity contribution in [2.45, 2.75) is 33.6 Å². The Morgan fingerprint density at radius 1 is 1.28 bits per heavy atom. The van der Waals surface area contributed by atoms with Crippen LogP contribution in [0.5, 0.6) is 0 Å². The van der Waals surface area contributed by atoms with E-state index < -0.39 is 0 Å². The zero-order valence-electron chi connectivity index (χ0n) is 19.3. The maximum absolute atomic E-state index is 13.1. The monoisotopic (exact) mass is 474 g/mol. The van der Waals surface area contributed by atoms with Crippen LogP contribution in [0.4, 0.5) is 5.82 Å². The Hall–Kier alpha value is -2.15. The lowest BCUT2D eigenvalue weighted by Gasteiger charge is -2.38. The van der Waals surface area contributed by atoms with Crippen LogP contribution in [-0.4, -0.2) is 53.0 Å². The van der Waals surface area contributed by atoms with Gasteiger partial charge in [-0.1, -0.05) is 37.8 Å². The molecular formula is C23H30N4O3S2. The number of hydrogen-bond donors (Lipinski definition) is 0. The Morgan fingerprint density at radius 2 is 1.94 bits per heavy atom. The van der Waals surface area contributed by atoms with E-state index in [1.54, 1.807) is 30.5 Å². The van der Waals surface area contributed by atoms with Gasteiger partial charge in [0.2, 0.25) is 0 Å². The molecular weight excluding hydrogens is 444 g/mol. The number of carbonyl (C=O) groups excluding carboxylic acids is 1. The van der Waals surface area contributed by atoms with Gasteiger partial charge in [0.15, 0.2) is 0 Å². The number of rotatable bonds is 6. The number of piperidine rings is 1. The lowest BCUT2D eigenvalue weighted by molar-refractivity contribution is -0.122. The zero-order valence-corrected chi connectivity index (χ0v) is 20.9. The Kier molecular flexibility index (Phi) is 7.80. The second-order valence-electron chi connectivity index (χ2n) is 8.74. The Labute approximate surface area is 199 Å². The van der Waals surface area contributed by atoms with E-state index in [2.05, 4.69) is 24.8 Å². The average molecular weight is 475 g/mol. The van der Waals surface area contributed by atoms with Crippen molar-refractivity contribution in [1.29, 1.82) is 5.26 Å². The number of ether oxygens (including phenoxy) is 1. The number of pyridine rings is 1. The van der Waals surface area contributed by atoms with E-state index in [0.717, 1.165) is 30.9 Å². The lowest BCUT2D eigenvalue weighted by atomic mass is 9.91. The molecule has 2 unspecified atom stereocenters. The third-order valence-corrected chi connectivity index (χ3v) is 7.39. The largest absolute Gasteiger partial charge is 0.385 e. The third-order valence-electron chi connectivity index (χ3n) is 6.02. The molecule has 0 spiro atoms. The van der Waals surface area contributed by atoms with E-state index in [9.17, 15) is 14.9 Å². The first kappa shape index (κ1) is 24.5. The van der Waals surface area contributed by atoms with Gasteiger partial charge in [-0.05, 0) is 43.2 Å². The molecule has 172 valence electrons. The average Bonchev–Trinajstić information content (AvgIpc) is 2.99. The van der Waals surface area contributed by atoms with Gasteiger partial charge < -0.3 is 9.64 Å². The minimum absolute atomic E-state index is 0.108. The number of anilines is 1. The summed E-state index contributed by atoms with van der Waals surface area (Å²) < 4.78 is 7.16. The summed E-state index contributed by atoms with van der Waals surface area (Å²) in [7, 11) is 3.33. The third kappa shape index (κ3) is 4.77. The molecule has 2 aliphatic heterocycles. The minimum Gasteiger partial charge on any atom is -0.385 e. The standard InChI is InChI=1S/C23H30N4O3S2/c1-14-9-15(2)13-26(12-14)20-17(16(3)18(11-24)21(28)25(20)4)10-19-22(29)27(23(31)32-19)7-6-8-30-5/h10,14-15H,6-9,12-13H2,1-5H3. The number of aromatic nitrogens is 1. The van der Waals surface area contributed by atoms with Crippen LogP contribution >= 0.6 is 24.0 Å². The van der Waals surface area contributed by atoms with Gasteiger partial charge in [0.25, 0.3) is 11.5 Å². The Balaban J connectivity index is 2.10. The molecule has 3 rings (SSSR count). The van der Waals surface area contributed by atoms with Crippen LogP contribution in [0, 0.1) is 30.1 Å². The first-order chi connectivity index (χ1) is 15.2. The first-order valence-corrected chi connectivity index (χ1v) is 12.0. The van der Waals surface area contributed by atoms with E-state index in [1.165, 1.54) is 11.8 Å². The highest BCUT2D eigenvalue weighted by Gasteiger charge is 2.33. The molecule has 2 saturated heterocycles. The van der Waals surface area contributed by atoms with Crippen molar-refractivity contribution < 1.29 is 9.53 Å². The quantitative estimate of drug-likeness (QED) is 0.356. The molecule has 2 aliphatic rings. The van der Waals surface area contributed by atoms with Crippen molar-refractivity contribution in [3.8, 4) is 6.07 Å². The van der Waals surface area contributed by atoms with Gasteiger partial charge in [0.1, 0.15) is 21.8 Å². The smallest absolute Gasteiger partial charge is 0.270 e. The molecule has 9 heteroatoms. The predicted octanol–water partition coefficient (Wildman–Crippen LogP) is 3.29. The number of hydrogen-bond acceptors (Lipinski definition) is 7. The van der Waals surface area contributed by atoms with Gasteiger partial charge in [-0.15, -0.1) is 0 Å². The molecule has 7 nitrogen and oxygen atoms in total. The van der Waals surface area contributed by atoms with Crippen LogP contribution in [0.3, 0.4) is 0 Å². The van der Waals surface area contributed by atoms with Crippen LogP contribution in [0.15, 0.2) is 9.70 Å². The molecule has 1 amide bonds. The minimum atomic E-state index is -0.310. The molecule has 3 heterocycles. The van der Waals surface area contributed by atoms with E-state index in [1.807, 2.05) is 6.08 Å². The van der Waals surface area contributed by atoms with Gasteiger partial charge in [-0.25, -0.2) is 0 Å². The number of thioether (sulfide) groups is 1. The van der Waals surface area contributed by atoms with Gasteiger partial charge in [0, 0.05) is 46.0 Å². The summed E-state index contributed by atoms with van der Waals surface area (Å²) in [4.78, 5) is 30.3. The normalized spacial score (nSPS) is 22.7. The van der Waals surface area contributed by atoms with Crippen molar-refractivity contribution >= 4 is 46.1 Å². The van der Waals surface area contributed by atoms with E-state index >= 15 is 0 Å². The van der Waals surface area contributed by atoms with E-state index in [0.29, 0.717) is 46.2 Å². The number of nitriles is 1. The van der Waals surface area contributed by atoms with Gasteiger partial charge in [-0.2, -0.15) is 5.26 Å². The molecule has 0 bridgehead atoms. The fourth-order valence-corrected chi connectivity index (χ4v) is 5.91. The molecule has 32 heavy (non-hydrogen) atoms. The van der Waals surface area contributed by atoms with Crippen LogP contribution in [-0.2, 0) is 16.6 Å². The molecule has 0 saturated carbocycles. The molecule has 0 aromatic carbocycles. The summed E-state index contributed by atoms with van der Waals surface area (Å²) in [5.74, 6) is 1.58. The molecule has 1 aromatic rings. The fourth-order valence-electron chi connectivity index (χ4n) is 4.62. The number of methoxy groups -OCH3 is 1. The molecule has 0 N–H and O–H groups in total. The summed E-state index contributed by atoms with van der Waals surface area (Å²) in [5, 5.41) is 9.64. The van der Waals surface area contributed by atoms with Crippen LogP contribution in [0.2, 0.25) is 0 Å². The van der Waals surface area contributed by atoms with Crippen LogP contribution in [0.1, 0.15) is 43.4 Å². The molecule has 1 aromatic heterocycles. The van der Waals surface area contributed by atoms with Gasteiger partial charge in [0.05, 0.1) is 4.91 Å². The highest BCUT2D eigenvalue weighted by atomic mass is 32.2. The van der Waals surface area contributed by atoms with Gasteiger partial charge >= 0.3 is 0 Å². The molecule has 0 radical (unpaired) electrons. The van der Waals surface area contributed by atoms with Crippen molar-refractivity contribution in [2.75, 3.05) is 38.3 Å². The molecule has 2 atom stereocenters.